The lowest BCUT2D eigenvalue weighted by atomic mass is 10.1. The summed E-state index contributed by atoms with van der Waals surface area (Å²) in [6.45, 7) is 4.05. The van der Waals surface area contributed by atoms with Crippen molar-refractivity contribution < 1.29 is 19.1 Å². The maximum atomic E-state index is 12.9. The maximum Gasteiger partial charge on any atom is 0.283 e. The number of nitrogens with zero attached hydrogens (tertiary/aromatic N) is 2. The number of imide groups is 1. The standard InChI is InChI=1S/C25H26ClN3O4/c1-2-33-20-12-10-19(11-13-20)29-24(31)22(26)23(25(29)32)27-18-8-6-17(7-9-18)16-21(30)28-14-4-3-5-15-28/h6-13,27H,2-5,14-16H2,1H3. The minimum absolute atomic E-state index is 0.0210. The van der Waals surface area contributed by atoms with Crippen LogP contribution in [0.3, 0.4) is 0 Å². The molecule has 1 N–H and O–H groups in total. The van der Waals surface area contributed by atoms with Gasteiger partial charge < -0.3 is 15.0 Å². The highest BCUT2D eigenvalue weighted by Crippen LogP contribution is 2.31. The Morgan fingerprint density at radius 3 is 2.27 bits per heavy atom. The molecule has 0 radical (unpaired) electrons. The third kappa shape index (κ3) is 5.03. The van der Waals surface area contributed by atoms with E-state index in [-0.39, 0.29) is 16.6 Å². The highest BCUT2D eigenvalue weighted by atomic mass is 35.5. The summed E-state index contributed by atoms with van der Waals surface area (Å²) in [5.74, 6) is -0.337. The Hall–Kier alpha value is -3.32. The Morgan fingerprint density at radius 2 is 1.64 bits per heavy atom. The van der Waals surface area contributed by atoms with Gasteiger partial charge in [-0.05, 0) is 68.1 Å². The molecule has 33 heavy (non-hydrogen) atoms. The number of hydrogen-bond acceptors (Lipinski definition) is 5. The molecule has 0 spiro atoms. The van der Waals surface area contributed by atoms with Gasteiger partial charge in [0.2, 0.25) is 5.91 Å². The number of nitrogens with one attached hydrogen (secondary N) is 1. The van der Waals surface area contributed by atoms with Gasteiger partial charge in [0.1, 0.15) is 16.5 Å². The summed E-state index contributed by atoms with van der Waals surface area (Å²) in [7, 11) is 0. The first-order chi connectivity index (χ1) is 16.0. The van der Waals surface area contributed by atoms with E-state index in [1.807, 2.05) is 24.0 Å². The number of carbonyl (C=O) groups excluding carboxylic acids is 3. The number of likely N-dealkylation sites (tertiary alicyclic amines) is 1. The van der Waals surface area contributed by atoms with Crippen LogP contribution in [0.4, 0.5) is 11.4 Å². The maximum absolute atomic E-state index is 12.9. The molecule has 1 fully saturated rings. The van der Waals surface area contributed by atoms with E-state index in [0.29, 0.717) is 30.2 Å². The van der Waals surface area contributed by atoms with Crippen molar-refractivity contribution in [2.45, 2.75) is 32.6 Å². The van der Waals surface area contributed by atoms with Crippen LogP contribution in [0.25, 0.3) is 0 Å². The monoisotopic (exact) mass is 467 g/mol. The lowest BCUT2D eigenvalue weighted by Gasteiger charge is -2.26. The van der Waals surface area contributed by atoms with Gasteiger partial charge in [-0.25, -0.2) is 4.90 Å². The molecule has 0 unspecified atom stereocenters. The molecule has 2 aliphatic rings. The minimum Gasteiger partial charge on any atom is -0.494 e. The lowest BCUT2D eigenvalue weighted by Crippen LogP contribution is -2.36. The molecule has 2 aromatic carbocycles. The summed E-state index contributed by atoms with van der Waals surface area (Å²) in [4.78, 5) is 41.0. The first kappa shape index (κ1) is 22.9. The van der Waals surface area contributed by atoms with Crippen molar-refractivity contribution in [3.63, 3.8) is 0 Å². The van der Waals surface area contributed by atoms with Gasteiger partial charge in [0, 0.05) is 18.8 Å². The van der Waals surface area contributed by atoms with Crippen LogP contribution in [-0.2, 0) is 20.8 Å². The summed E-state index contributed by atoms with van der Waals surface area (Å²) >= 11 is 6.22. The second-order valence-electron chi connectivity index (χ2n) is 8.00. The van der Waals surface area contributed by atoms with Crippen molar-refractivity contribution in [2.24, 2.45) is 0 Å². The predicted octanol–water partition coefficient (Wildman–Crippen LogP) is 4.08. The molecular formula is C25H26ClN3O4. The zero-order valence-corrected chi connectivity index (χ0v) is 19.2. The summed E-state index contributed by atoms with van der Waals surface area (Å²) in [5.41, 5.74) is 1.93. The van der Waals surface area contributed by atoms with E-state index in [9.17, 15) is 14.4 Å². The highest BCUT2D eigenvalue weighted by molar-refractivity contribution is 6.53. The molecule has 2 aliphatic heterocycles. The van der Waals surface area contributed by atoms with Crippen LogP contribution in [0.5, 0.6) is 5.75 Å². The molecule has 3 amide bonds. The Labute approximate surface area is 198 Å². The highest BCUT2D eigenvalue weighted by Gasteiger charge is 2.39. The molecule has 172 valence electrons. The van der Waals surface area contributed by atoms with Gasteiger partial charge in [-0.1, -0.05) is 23.7 Å². The van der Waals surface area contributed by atoms with Gasteiger partial charge in [0.25, 0.3) is 11.8 Å². The number of halogens is 1. The fourth-order valence-corrected chi connectivity index (χ4v) is 4.20. The number of hydrogen-bond donors (Lipinski definition) is 1. The van der Waals surface area contributed by atoms with Gasteiger partial charge in [-0.2, -0.15) is 0 Å². The van der Waals surface area contributed by atoms with E-state index >= 15 is 0 Å². The minimum atomic E-state index is -0.586. The van der Waals surface area contributed by atoms with Gasteiger partial charge in [0.05, 0.1) is 18.7 Å². The Morgan fingerprint density at radius 1 is 0.970 bits per heavy atom. The number of ether oxygens (including phenoxy) is 1. The summed E-state index contributed by atoms with van der Waals surface area (Å²) in [5, 5.41) is 2.79. The third-order valence-corrected chi connectivity index (χ3v) is 6.07. The number of rotatable bonds is 7. The molecule has 0 saturated carbocycles. The lowest BCUT2D eigenvalue weighted by molar-refractivity contribution is -0.131. The fourth-order valence-electron chi connectivity index (χ4n) is 3.98. The number of benzene rings is 2. The van der Waals surface area contributed by atoms with E-state index in [0.717, 1.165) is 36.4 Å². The number of amides is 3. The van der Waals surface area contributed by atoms with Crippen LogP contribution < -0.4 is 15.0 Å². The van der Waals surface area contributed by atoms with Crippen molar-refractivity contribution in [3.05, 3.63) is 64.8 Å². The first-order valence-corrected chi connectivity index (χ1v) is 11.5. The average molecular weight is 468 g/mol. The fraction of sp³-hybridized carbons (Fsp3) is 0.320. The van der Waals surface area contributed by atoms with Gasteiger partial charge in [0.15, 0.2) is 0 Å². The van der Waals surface area contributed by atoms with Crippen molar-refractivity contribution in [2.75, 3.05) is 29.9 Å². The molecule has 8 heteroatoms. The molecule has 1 saturated heterocycles. The van der Waals surface area contributed by atoms with Crippen LogP contribution in [0.1, 0.15) is 31.7 Å². The van der Waals surface area contributed by atoms with E-state index in [1.165, 1.54) is 6.42 Å². The summed E-state index contributed by atoms with van der Waals surface area (Å²) < 4.78 is 5.41. The molecule has 0 aliphatic carbocycles. The van der Waals surface area contributed by atoms with Gasteiger partial charge in [-0.3, -0.25) is 14.4 Å². The largest absolute Gasteiger partial charge is 0.494 e. The van der Waals surface area contributed by atoms with Crippen molar-refractivity contribution in [1.29, 1.82) is 0 Å². The normalized spacial score (nSPS) is 16.4. The predicted molar refractivity (Wildman–Crippen MR) is 127 cm³/mol. The summed E-state index contributed by atoms with van der Waals surface area (Å²) in [6, 6.07) is 13.9. The van der Waals surface area contributed by atoms with E-state index in [2.05, 4.69) is 5.32 Å². The Balaban J connectivity index is 1.42. The third-order valence-electron chi connectivity index (χ3n) is 5.72. The molecule has 0 bridgehead atoms. The average Bonchev–Trinajstić information content (AvgIpc) is 3.04. The van der Waals surface area contributed by atoms with E-state index in [1.54, 1.807) is 36.4 Å². The van der Waals surface area contributed by atoms with Crippen LogP contribution in [0, 0.1) is 0 Å². The van der Waals surface area contributed by atoms with Crippen molar-refractivity contribution in [3.8, 4) is 5.75 Å². The second-order valence-corrected chi connectivity index (χ2v) is 8.38. The topological polar surface area (TPSA) is 79.0 Å². The SMILES string of the molecule is CCOc1ccc(N2C(=O)C(Cl)=C(Nc3ccc(CC(=O)N4CCCCC4)cc3)C2=O)cc1. The van der Waals surface area contributed by atoms with Gasteiger partial charge in [-0.15, -0.1) is 0 Å². The van der Waals surface area contributed by atoms with Crippen LogP contribution in [0.2, 0.25) is 0 Å². The quantitative estimate of drug-likeness (QED) is 0.621. The van der Waals surface area contributed by atoms with Crippen LogP contribution in [-0.4, -0.2) is 42.3 Å². The first-order valence-electron chi connectivity index (χ1n) is 11.1. The molecular weight excluding hydrogens is 442 g/mol. The Bertz CT molecular complexity index is 1070. The van der Waals surface area contributed by atoms with E-state index < -0.39 is 11.8 Å². The number of anilines is 2. The Kier molecular flexibility index (Phi) is 6.99. The number of piperidine rings is 1. The van der Waals surface area contributed by atoms with Crippen molar-refractivity contribution in [1.82, 2.24) is 4.90 Å². The summed E-state index contributed by atoms with van der Waals surface area (Å²) in [6.07, 6.45) is 3.64. The smallest absolute Gasteiger partial charge is 0.283 e. The van der Waals surface area contributed by atoms with Crippen LogP contribution in [0.15, 0.2) is 59.3 Å². The number of carbonyl (C=O) groups is 3. The van der Waals surface area contributed by atoms with Gasteiger partial charge >= 0.3 is 0 Å². The molecule has 4 rings (SSSR count). The second kappa shape index (κ2) is 10.1. The molecule has 7 nitrogen and oxygen atoms in total. The van der Waals surface area contributed by atoms with Crippen molar-refractivity contribution >= 4 is 40.7 Å². The molecule has 2 heterocycles. The molecule has 2 aromatic rings. The van der Waals surface area contributed by atoms with Crippen LogP contribution >= 0.6 is 11.6 Å². The zero-order chi connectivity index (χ0) is 23.4. The van der Waals surface area contributed by atoms with E-state index in [4.69, 9.17) is 16.3 Å². The molecule has 0 atom stereocenters. The zero-order valence-electron chi connectivity index (χ0n) is 18.5. The molecule has 0 aromatic heterocycles.